The zero-order valence-electron chi connectivity index (χ0n) is 13.4. The van der Waals surface area contributed by atoms with E-state index >= 15 is 0 Å². The lowest BCUT2D eigenvalue weighted by atomic mass is 9.75. The fourth-order valence-electron chi connectivity index (χ4n) is 4.45. The molecule has 0 saturated heterocycles. The predicted octanol–water partition coefficient (Wildman–Crippen LogP) is 2.89. The molecule has 1 aliphatic heterocycles. The molecule has 2 fully saturated rings. The third-order valence-electron chi connectivity index (χ3n) is 5.83. The molecule has 6 nitrogen and oxygen atoms in total. The highest BCUT2D eigenvalue weighted by atomic mass is 16.5. The maximum absolute atomic E-state index is 5.54. The number of hydrogen-bond acceptors (Lipinski definition) is 5. The van der Waals surface area contributed by atoms with Crippen LogP contribution in [-0.4, -0.2) is 31.6 Å². The first kappa shape index (κ1) is 13.7. The first-order chi connectivity index (χ1) is 11.4. The molecular formula is C17H23N5O. The van der Waals surface area contributed by atoms with Crippen LogP contribution in [0.15, 0.2) is 10.9 Å². The molecule has 0 unspecified atom stereocenters. The van der Waals surface area contributed by atoms with Crippen molar-refractivity contribution in [3.8, 4) is 0 Å². The molecule has 1 N–H and O–H groups in total. The summed E-state index contributed by atoms with van der Waals surface area (Å²) in [5, 5.41) is 4.18. The second-order valence-corrected chi connectivity index (χ2v) is 7.31. The van der Waals surface area contributed by atoms with Crippen LogP contribution in [0.4, 0.5) is 0 Å². The van der Waals surface area contributed by atoms with Gasteiger partial charge in [0.2, 0.25) is 5.89 Å². The largest absolute Gasteiger partial charge is 0.348 e. The summed E-state index contributed by atoms with van der Waals surface area (Å²) in [6.07, 6.45) is 11.6. The molecule has 2 aromatic heterocycles. The van der Waals surface area contributed by atoms with E-state index in [0.717, 1.165) is 31.2 Å². The molecule has 122 valence electrons. The number of rotatable bonds is 3. The lowest BCUT2D eigenvalue weighted by Gasteiger charge is -2.48. The fraction of sp³-hybridized carbons (Fsp3) is 0.706. The summed E-state index contributed by atoms with van der Waals surface area (Å²) in [5.74, 6) is 2.24. The van der Waals surface area contributed by atoms with E-state index in [0.29, 0.717) is 5.92 Å². The van der Waals surface area contributed by atoms with Crippen LogP contribution in [0.3, 0.4) is 0 Å². The van der Waals surface area contributed by atoms with Gasteiger partial charge in [0.1, 0.15) is 0 Å². The Balaban J connectivity index is 1.45. The van der Waals surface area contributed by atoms with Gasteiger partial charge in [-0.1, -0.05) is 24.4 Å². The van der Waals surface area contributed by atoms with Gasteiger partial charge in [-0.15, -0.1) is 0 Å². The highest BCUT2D eigenvalue weighted by Crippen LogP contribution is 2.45. The molecule has 3 aliphatic rings. The van der Waals surface area contributed by atoms with Crippen molar-refractivity contribution in [3.05, 3.63) is 29.4 Å². The number of nitrogens with one attached hydrogen (secondary N) is 1. The van der Waals surface area contributed by atoms with Crippen LogP contribution < -0.4 is 0 Å². The van der Waals surface area contributed by atoms with Gasteiger partial charge < -0.3 is 9.51 Å². The maximum Gasteiger partial charge on any atom is 0.240 e. The Hall–Kier alpha value is -1.69. The minimum absolute atomic E-state index is 0.0695. The van der Waals surface area contributed by atoms with E-state index in [1.807, 2.05) is 6.33 Å². The van der Waals surface area contributed by atoms with Crippen molar-refractivity contribution < 1.29 is 4.52 Å². The third kappa shape index (κ3) is 2.23. The van der Waals surface area contributed by atoms with Crippen LogP contribution in [0.5, 0.6) is 0 Å². The van der Waals surface area contributed by atoms with Crippen molar-refractivity contribution >= 4 is 0 Å². The van der Waals surface area contributed by atoms with Crippen molar-refractivity contribution in [3.63, 3.8) is 0 Å². The SMILES string of the molecule is c1nc2c([nH]1)CCN(Cc1nc(C3CC3)no1)C21CCCCC1. The van der Waals surface area contributed by atoms with Gasteiger partial charge in [0.05, 0.1) is 24.1 Å². The van der Waals surface area contributed by atoms with Gasteiger partial charge in [-0.05, 0) is 25.7 Å². The van der Waals surface area contributed by atoms with Crippen molar-refractivity contribution in [1.29, 1.82) is 0 Å². The normalized spacial score (nSPS) is 24.0. The number of aromatic amines is 1. The van der Waals surface area contributed by atoms with Gasteiger partial charge in [0.25, 0.3) is 0 Å². The van der Waals surface area contributed by atoms with E-state index in [4.69, 9.17) is 9.51 Å². The van der Waals surface area contributed by atoms with E-state index in [-0.39, 0.29) is 5.54 Å². The summed E-state index contributed by atoms with van der Waals surface area (Å²) >= 11 is 0. The lowest BCUT2D eigenvalue weighted by molar-refractivity contribution is 0.0176. The van der Waals surface area contributed by atoms with Gasteiger partial charge >= 0.3 is 0 Å². The predicted molar refractivity (Wildman–Crippen MR) is 83.7 cm³/mol. The second kappa shape index (κ2) is 5.16. The smallest absolute Gasteiger partial charge is 0.240 e. The number of H-pyrrole nitrogens is 1. The minimum atomic E-state index is 0.0695. The molecule has 0 atom stereocenters. The van der Waals surface area contributed by atoms with Crippen LogP contribution in [0.1, 0.15) is 74.0 Å². The molecule has 1 spiro atoms. The Kier molecular flexibility index (Phi) is 3.08. The average Bonchev–Trinajstić information content (AvgIpc) is 3.13. The molecule has 0 bridgehead atoms. The zero-order chi connectivity index (χ0) is 15.3. The highest BCUT2D eigenvalue weighted by Gasteiger charge is 2.45. The summed E-state index contributed by atoms with van der Waals surface area (Å²) in [7, 11) is 0. The first-order valence-electron chi connectivity index (χ1n) is 8.95. The Morgan fingerprint density at radius 1 is 1.26 bits per heavy atom. The number of aromatic nitrogens is 4. The summed E-state index contributed by atoms with van der Waals surface area (Å²) < 4.78 is 5.54. The van der Waals surface area contributed by atoms with E-state index in [9.17, 15) is 0 Å². The molecule has 2 saturated carbocycles. The molecule has 2 aromatic rings. The van der Waals surface area contributed by atoms with Crippen LogP contribution >= 0.6 is 0 Å². The van der Waals surface area contributed by atoms with Gasteiger partial charge in [0.15, 0.2) is 5.82 Å². The molecule has 23 heavy (non-hydrogen) atoms. The van der Waals surface area contributed by atoms with Gasteiger partial charge in [-0.2, -0.15) is 4.98 Å². The molecule has 5 rings (SSSR count). The highest BCUT2D eigenvalue weighted by molar-refractivity contribution is 5.26. The molecule has 6 heteroatoms. The average molecular weight is 313 g/mol. The van der Waals surface area contributed by atoms with E-state index in [1.165, 1.54) is 56.3 Å². The van der Waals surface area contributed by atoms with Crippen LogP contribution in [0.25, 0.3) is 0 Å². The topological polar surface area (TPSA) is 70.8 Å². The fourth-order valence-corrected chi connectivity index (χ4v) is 4.45. The van der Waals surface area contributed by atoms with Gasteiger partial charge in [-0.3, -0.25) is 4.90 Å². The lowest BCUT2D eigenvalue weighted by Crippen LogP contribution is -2.51. The summed E-state index contributed by atoms with van der Waals surface area (Å²) in [6.45, 7) is 1.79. The van der Waals surface area contributed by atoms with E-state index < -0.39 is 0 Å². The van der Waals surface area contributed by atoms with Gasteiger partial charge in [0, 0.05) is 24.6 Å². The van der Waals surface area contributed by atoms with Gasteiger partial charge in [-0.25, -0.2) is 4.98 Å². The van der Waals surface area contributed by atoms with Crippen LogP contribution in [0, 0.1) is 0 Å². The number of nitrogens with zero attached hydrogens (tertiary/aromatic N) is 4. The van der Waals surface area contributed by atoms with Crippen molar-refractivity contribution in [2.75, 3.05) is 6.54 Å². The quantitative estimate of drug-likeness (QED) is 0.943. The minimum Gasteiger partial charge on any atom is -0.348 e. The maximum atomic E-state index is 5.54. The third-order valence-corrected chi connectivity index (χ3v) is 5.83. The monoisotopic (exact) mass is 313 g/mol. The molecule has 2 aliphatic carbocycles. The van der Waals surface area contributed by atoms with Crippen molar-refractivity contribution in [2.45, 2.75) is 69.4 Å². The molecule has 0 amide bonds. The van der Waals surface area contributed by atoms with Crippen molar-refractivity contribution in [1.82, 2.24) is 25.0 Å². The second-order valence-electron chi connectivity index (χ2n) is 7.31. The molecule has 0 aromatic carbocycles. The van der Waals surface area contributed by atoms with E-state index in [2.05, 4.69) is 20.0 Å². The van der Waals surface area contributed by atoms with E-state index in [1.54, 1.807) is 0 Å². The Bertz CT molecular complexity index is 695. The molecular weight excluding hydrogens is 290 g/mol. The van der Waals surface area contributed by atoms with Crippen LogP contribution in [0.2, 0.25) is 0 Å². The molecule has 0 radical (unpaired) electrons. The Morgan fingerprint density at radius 2 is 2.13 bits per heavy atom. The summed E-state index contributed by atoms with van der Waals surface area (Å²) in [4.78, 5) is 15.3. The van der Waals surface area contributed by atoms with Crippen LogP contribution in [-0.2, 0) is 18.5 Å². The number of imidazole rings is 1. The van der Waals surface area contributed by atoms with Crippen molar-refractivity contribution in [2.24, 2.45) is 0 Å². The summed E-state index contributed by atoms with van der Waals surface area (Å²) in [6, 6.07) is 0. The first-order valence-corrected chi connectivity index (χ1v) is 8.95. The number of hydrogen-bond donors (Lipinski definition) is 1. The summed E-state index contributed by atoms with van der Waals surface area (Å²) in [5.41, 5.74) is 2.66. The zero-order valence-corrected chi connectivity index (χ0v) is 13.4. The Labute approximate surface area is 135 Å². The standard InChI is InChI=1S/C17H23N5O/c1-2-7-17(8-3-1)15-13(18-11-19-15)6-9-22(17)10-14-20-16(21-23-14)12-4-5-12/h11-12H,1-10H2,(H,18,19). The molecule has 3 heterocycles. The number of fused-ring (bicyclic) bond motifs is 2. The Morgan fingerprint density at radius 3 is 2.96 bits per heavy atom.